The van der Waals surface area contributed by atoms with Crippen LogP contribution in [0.15, 0.2) is 23.8 Å². The van der Waals surface area contributed by atoms with Gasteiger partial charge in [-0.25, -0.2) is 4.79 Å². The fraction of sp³-hybridized carbons (Fsp3) is 0.719. The molecule has 1 amide bonds. The molecular weight excluding hydrogens is 524 g/mol. The van der Waals surface area contributed by atoms with Gasteiger partial charge in [-0.15, -0.1) is 0 Å². The van der Waals surface area contributed by atoms with Crippen LogP contribution in [0.2, 0.25) is 0 Å². The summed E-state index contributed by atoms with van der Waals surface area (Å²) in [6.45, 7) is 22.0. The number of benzene rings is 1. The van der Waals surface area contributed by atoms with Crippen LogP contribution < -0.4 is 24.8 Å². The molecule has 0 fully saturated rings. The van der Waals surface area contributed by atoms with Crippen LogP contribution in [0.1, 0.15) is 87.1 Å². The molecule has 1 aromatic carbocycles. The highest BCUT2D eigenvalue weighted by atomic mass is 16.6. The third kappa shape index (κ3) is 22.8. The normalized spacial score (nSPS) is 11.0. The predicted molar refractivity (Wildman–Crippen MR) is 169 cm³/mol. The van der Waals surface area contributed by atoms with E-state index in [2.05, 4.69) is 44.4 Å². The van der Waals surface area contributed by atoms with E-state index in [0.29, 0.717) is 64.2 Å². The quantitative estimate of drug-likeness (QED) is 0.142. The minimum absolute atomic E-state index is 0.388. The van der Waals surface area contributed by atoms with E-state index >= 15 is 0 Å². The number of hydrogen-bond donors (Lipinski definition) is 2. The molecule has 1 rings (SSSR count). The van der Waals surface area contributed by atoms with Crippen molar-refractivity contribution in [3.05, 3.63) is 29.3 Å². The van der Waals surface area contributed by atoms with Crippen molar-refractivity contribution in [1.82, 2.24) is 10.6 Å². The lowest BCUT2D eigenvalue weighted by Gasteiger charge is -2.19. The Balaban J connectivity index is 0. The van der Waals surface area contributed by atoms with Crippen molar-refractivity contribution in [2.75, 3.05) is 60.3 Å². The van der Waals surface area contributed by atoms with Crippen LogP contribution in [0.3, 0.4) is 0 Å². The summed E-state index contributed by atoms with van der Waals surface area (Å²) in [7, 11) is 3.28. The summed E-state index contributed by atoms with van der Waals surface area (Å²) >= 11 is 0. The monoisotopic (exact) mass is 584 g/mol. The van der Waals surface area contributed by atoms with Crippen molar-refractivity contribution in [1.29, 1.82) is 0 Å². The first kappa shape index (κ1) is 40.6. The van der Waals surface area contributed by atoms with Crippen molar-refractivity contribution in [3.8, 4) is 17.2 Å². The Labute approximate surface area is 250 Å². The molecule has 9 heteroatoms. The number of methoxy groups -OCH3 is 2. The highest BCUT2D eigenvalue weighted by Crippen LogP contribution is 2.34. The smallest absolute Gasteiger partial charge is 0.407 e. The molecule has 0 atom stereocenters. The zero-order chi connectivity index (χ0) is 31.5. The molecule has 0 spiro atoms. The molecule has 41 heavy (non-hydrogen) atoms. The second kappa shape index (κ2) is 26.4. The maximum atomic E-state index is 11.5. The first-order valence-electron chi connectivity index (χ1n) is 15.0. The fourth-order valence-electron chi connectivity index (χ4n) is 3.22. The highest BCUT2D eigenvalue weighted by Gasteiger charge is 2.15. The first-order chi connectivity index (χ1) is 19.6. The van der Waals surface area contributed by atoms with Crippen LogP contribution in [-0.2, 0) is 20.8 Å². The van der Waals surface area contributed by atoms with E-state index in [1.165, 1.54) is 12.0 Å². The van der Waals surface area contributed by atoms with E-state index in [-0.39, 0.29) is 0 Å². The number of carbonyl (C=O) groups is 1. The Hall–Kier alpha value is -2.49. The first-order valence-corrected chi connectivity index (χ1v) is 15.0. The lowest BCUT2D eigenvalue weighted by atomic mass is 10.1. The van der Waals surface area contributed by atoms with Gasteiger partial charge in [-0.1, -0.05) is 52.7 Å². The number of rotatable bonds is 18. The highest BCUT2D eigenvalue weighted by molar-refractivity contribution is 5.67. The number of allylic oxidation sites excluding steroid dienone is 1. The standard InChI is InChI=1S/C27H46N2O7.C3H8.C2H6/c1-8-9-21(2)10-13-35-22-18-24(31-6)23(25(19-22)32-7)20-28-11-14-33-16-17-34-15-12-29-26(30)36-27(3,4)5;1-3-2;1-2/h9,18-19,28H,8,10-17,20H2,1-7H3,(H,29,30);3H2,1-2H3;1-2H3/b21-9-;;. The van der Waals surface area contributed by atoms with Gasteiger partial charge in [-0.2, -0.15) is 0 Å². The molecule has 0 unspecified atom stereocenters. The Bertz CT molecular complexity index is 783. The molecule has 1 aromatic rings. The lowest BCUT2D eigenvalue weighted by Crippen LogP contribution is -2.34. The maximum absolute atomic E-state index is 11.5. The summed E-state index contributed by atoms with van der Waals surface area (Å²) in [5, 5.41) is 6.00. The van der Waals surface area contributed by atoms with E-state index < -0.39 is 11.7 Å². The summed E-state index contributed by atoms with van der Waals surface area (Å²) in [5.74, 6) is 2.15. The van der Waals surface area contributed by atoms with E-state index in [1.807, 2.05) is 46.8 Å². The largest absolute Gasteiger partial charge is 0.496 e. The average Bonchev–Trinajstić information content (AvgIpc) is 2.92. The fourth-order valence-corrected chi connectivity index (χ4v) is 3.22. The molecule has 240 valence electrons. The lowest BCUT2D eigenvalue weighted by molar-refractivity contribution is 0.0403. The summed E-state index contributed by atoms with van der Waals surface area (Å²) in [6.07, 6.45) is 4.93. The Morgan fingerprint density at radius 3 is 1.90 bits per heavy atom. The number of carbonyl (C=O) groups excluding carboxylic acids is 1. The van der Waals surface area contributed by atoms with Crippen LogP contribution in [0, 0.1) is 0 Å². The van der Waals surface area contributed by atoms with Crippen LogP contribution >= 0.6 is 0 Å². The van der Waals surface area contributed by atoms with Crippen LogP contribution in [0.5, 0.6) is 17.2 Å². The minimum atomic E-state index is -0.508. The van der Waals surface area contributed by atoms with Gasteiger partial charge in [0.1, 0.15) is 22.8 Å². The van der Waals surface area contributed by atoms with Crippen LogP contribution in [0.25, 0.3) is 0 Å². The van der Waals surface area contributed by atoms with Gasteiger partial charge < -0.3 is 39.1 Å². The molecule has 0 bridgehead atoms. The summed E-state index contributed by atoms with van der Waals surface area (Å²) in [6, 6.07) is 3.79. The summed E-state index contributed by atoms with van der Waals surface area (Å²) < 4.78 is 33.3. The molecule has 0 aliphatic heterocycles. The molecule has 9 nitrogen and oxygen atoms in total. The molecule has 0 heterocycles. The number of nitrogens with one attached hydrogen (secondary N) is 2. The number of hydrogen-bond acceptors (Lipinski definition) is 8. The third-order valence-corrected chi connectivity index (χ3v) is 4.91. The van der Waals surface area contributed by atoms with Crippen molar-refractivity contribution in [3.63, 3.8) is 0 Å². The molecule has 0 saturated heterocycles. The van der Waals surface area contributed by atoms with Crippen molar-refractivity contribution in [2.24, 2.45) is 0 Å². The maximum Gasteiger partial charge on any atom is 0.407 e. The third-order valence-electron chi connectivity index (χ3n) is 4.91. The Morgan fingerprint density at radius 1 is 0.878 bits per heavy atom. The zero-order valence-corrected chi connectivity index (χ0v) is 27.9. The van der Waals surface area contributed by atoms with Gasteiger partial charge in [0.15, 0.2) is 0 Å². The Kier molecular flexibility index (Phi) is 26.2. The van der Waals surface area contributed by atoms with Gasteiger partial charge in [0.05, 0.1) is 52.8 Å². The average molecular weight is 585 g/mol. The van der Waals surface area contributed by atoms with Crippen LogP contribution in [-0.4, -0.2) is 72.0 Å². The van der Waals surface area contributed by atoms with Gasteiger partial charge in [0.2, 0.25) is 0 Å². The van der Waals surface area contributed by atoms with Gasteiger partial charge >= 0.3 is 6.09 Å². The topological polar surface area (TPSA) is 96.5 Å². The summed E-state index contributed by atoms with van der Waals surface area (Å²) in [4.78, 5) is 11.5. The van der Waals surface area contributed by atoms with Crippen molar-refractivity contribution < 1.29 is 33.2 Å². The Morgan fingerprint density at radius 2 is 1.41 bits per heavy atom. The SMILES string of the molecule is CC.CC/C=C(/C)CCOc1cc(OC)c(CNCCOCCOCCNC(=O)OC(C)(C)C)c(OC)c1.CCC. The predicted octanol–water partition coefficient (Wildman–Crippen LogP) is 6.92. The molecule has 2 N–H and O–H groups in total. The molecule has 0 radical (unpaired) electrons. The number of ether oxygens (including phenoxy) is 6. The van der Waals surface area contributed by atoms with E-state index in [0.717, 1.165) is 24.2 Å². The van der Waals surface area contributed by atoms with E-state index in [9.17, 15) is 4.79 Å². The second-order valence-corrected chi connectivity index (χ2v) is 9.90. The molecule has 0 aliphatic rings. The molecule has 0 aromatic heterocycles. The zero-order valence-electron chi connectivity index (χ0n) is 27.9. The van der Waals surface area contributed by atoms with Gasteiger partial charge in [0.25, 0.3) is 0 Å². The number of alkyl carbamates (subject to hydrolysis) is 1. The van der Waals surface area contributed by atoms with Crippen LogP contribution in [0.4, 0.5) is 4.79 Å². The second-order valence-electron chi connectivity index (χ2n) is 9.90. The molecular formula is C32H60N2O7. The van der Waals surface area contributed by atoms with Gasteiger partial charge in [-0.3, -0.25) is 0 Å². The summed E-state index contributed by atoms with van der Waals surface area (Å²) in [5.41, 5.74) is 1.74. The van der Waals surface area contributed by atoms with Crippen molar-refractivity contribution in [2.45, 2.75) is 93.7 Å². The van der Waals surface area contributed by atoms with E-state index in [1.54, 1.807) is 14.2 Å². The molecule has 0 aliphatic carbocycles. The van der Waals surface area contributed by atoms with E-state index in [4.69, 9.17) is 28.4 Å². The number of amides is 1. The molecule has 0 saturated carbocycles. The minimum Gasteiger partial charge on any atom is -0.496 e. The van der Waals surface area contributed by atoms with Crippen molar-refractivity contribution >= 4 is 6.09 Å². The van der Waals surface area contributed by atoms with Gasteiger partial charge in [0, 0.05) is 38.2 Å². The van der Waals surface area contributed by atoms with Gasteiger partial charge in [-0.05, 0) is 34.1 Å².